The first-order valence-corrected chi connectivity index (χ1v) is 7.75. The van der Waals surface area contributed by atoms with Crippen molar-refractivity contribution < 1.29 is 19.4 Å². The number of nitrogens with zero attached hydrogens (tertiary/aromatic N) is 1. The molecule has 1 saturated heterocycles. The second kappa shape index (κ2) is 6.76. The van der Waals surface area contributed by atoms with Crippen LogP contribution in [0.5, 0.6) is 0 Å². The Bertz CT molecular complexity index is 600. The second-order valence-corrected chi connectivity index (χ2v) is 6.93. The SMILES string of the molecule is CC(C)(C)OC(=O)N[C@@H]1CN(c2c(Cl)cccc2C=O)C[C@H]1O. The van der Waals surface area contributed by atoms with E-state index in [2.05, 4.69) is 5.32 Å². The fourth-order valence-electron chi connectivity index (χ4n) is 2.53. The van der Waals surface area contributed by atoms with E-state index in [1.807, 2.05) is 0 Å². The Morgan fingerprint density at radius 3 is 2.74 bits per heavy atom. The Balaban J connectivity index is 2.10. The van der Waals surface area contributed by atoms with E-state index in [0.717, 1.165) is 6.29 Å². The molecule has 23 heavy (non-hydrogen) atoms. The first kappa shape index (κ1) is 17.6. The summed E-state index contributed by atoms with van der Waals surface area (Å²) in [6, 6.07) is 4.54. The molecule has 2 atom stereocenters. The van der Waals surface area contributed by atoms with Crippen LogP contribution >= 0.6 is 11.6 Å². The van der Waals surface area contributed by atoms with Gasteiger partial charge in [0.2, 0.25) is 0 Å². The first-order valence-electron chi connectivity index (χ1n) is 7.37. The van der Waals surface area contributed by atoms with E-state index in [0.29, 0.717) is 22.8 Å². The number of rotatable bonds is 3. The van der Waals surface area contributed by atoms with Crippen LogP contribution in [-0.4, -0.2) is 48.3 Å². The van der Waals surface area contributed by atoms with Crippen molar-refractivity contribution in [2.45, 2.75) is 38.5 Å². The number of hydrogen-bond donors (Lipinski definition) is 2. The Morgan fingerprint density at radius 1 is 1.43 bits per heavy atom. The Hall–Kier alpha value is -1.79. The fraction of sp³-hybridized carbons (Fsp3) is 0.500. The van der Waals surface area contributed by atoms with Crippen molar-refractivity contribution in [2.24, 2.45) is 0 Å². The lowest BCUT2D eigenvalue weighted by Crippen LogP contribution is -2.45. The maximum Gasteiger partial charge on any atom is 0.408 e. The van der Waals surface area contributed by atoms with E-state index in [1.54, 1.807) is 43.9 Å². The van der Waals surface area contributed by atoms with Crippen molar-refractivity contribution >= 4 is 29.7 Å². The van der Waals surface area contributed by atoms with Crippen LogP contribution < -0.4 is 10.2 Å². The highest BCUT2D eigenvalue weighted by Gasteiger charge is 2.35. The number of anilines is 1. The van der Waals surface area contributed by atoms with Gasteiger partial charge in [-0.05, 0) is 32.9 Å². The first-order chi connectivity index (χ1) is 10.7. The molecule has 126 valence electrons. The number of carbonyl (C=O) groups is 2. The predicted molar refractivity (Wildman–Crippen MR) is 88.2 cm³/mol. The van der Waals surface area contributed by atoms with E-state index < -0.39 is 23.8 Å². The zero-order valence-corrected chi connectivity index (χ0v) is 14.1. The molecule has 1 aliphatic heterocycles. The maximum atomic E-state index is 11.8. The van der Waals surface area contributed by atoms with E-state index in [9.17, 15) is 14.7 Å². The number of amides is 1. The number of aliphatic hydroxyl groups is 1. The molecule has 7 heteroatoms. The third-order valence-corrected chi connectivity index (χ3v) is 3.76. The van der Waals surface area contributed by atoms with E-state index >= 15 is 0 Å². The van der Waals surface area contributed by atoms with Crippen LogP contribution in [0.15, 0.2) is 18.2 Å². The Kier molecular flexibility index (Phi) is 5.16. The largest absolute Gasteiger partial charge is 0.444 e. The topological polar surface area (TPSA) is 78.9 Å². The number of aliphatic hydroxyl groups excluding tert-OH is 1. The van der Waals surface area contributed by atoms with Crippen LogP contribution in [0.2, 0.25) is 5.02 Å². The number of carbonyl (C=O) groups excluding carboxylic acids is 2. The Morgan fingerprint density at radius 2 is 2.13 bits per heavy atom. The van der Waals surface area contributed by atoms with Gasteiger partial charge in [0.05, 0.1) is 22.9 Å². The zero-order valence-electron chi connectivity index (χ0n) is 13.4. The number of hydrogen-bond acceptors (Lipinski definition) is 5. The number of benzene rings is 1. The monoisotopic (exact) mass is 340 g/mol. The van der Waals surface area contributed by atoms with Crippen molar-refractivity contribution in [3.63, 3.8) is 0 Å². The van der Waals surface area contributed by atoms with Crippen molar-refractivity contribution in [3.05, 3.63) is 28.8 Å². The molecule has 1 aliphatic rings. The smallest absolute Gasteiger partial charge is 0.408 e. The number of β-amino-alcohol motifs (C(OH)–C–C–N with tert-alkyl or cyclic N) is 1. The van der Waals surface area contributed by atoms with E-state index in [1.165, 1.54) is 0 Å². The van der Waals surface area contributed by atoms with E-state index in [4.69, 9.17) is 16.3 Å². The molecule has 6 nitrogen and oxygen atoms in total. The zero-order chi connectivity index (χ0) is 17.2. The highest BCUT2D eigenvalue weighted by Crippen LogP contribution is 2.31. The molecule has 1 fully saturated rings. The quantitative estimate of drug-likeness (QED) is 0.825. The molecule has 0 spiro atoms. The minimum atomic E-state index is -0.779. The predicted octanol–water partition coefficient (Wildman–Crippen LogP) is 2.23. The molecular formula is C16H21ClN2O4. The fourth-order valence-corrected chi connectivity index (χ4v) is 2.83. The van der Waals surface area contributed by atoms with Crippen molar-refractivity contribution in [1.29, 1.82) is 0 Å². The van der Waals surface area contributed by atoms with E-state index in [-0.39, 0.29) is 6.54 Å². The number of halogens is 1. The van der Waals surface area contributed by atoms with Gasteiger partial charge in [-0.25, -0.2) is 4.79 Å². The lowest BCUT2D eigenvalue weighted by atomic mass is 10.2. The molecule has 2 rings (SSSR count). The van der Waals surface area contributed by atoms with Gasteiger partial charge in [-0.3, -0.25) is 4.79 Å². The molecule has 1 amide bonds. The van der Waals surface area contributed by atoms with Gasteiger partial charge in [0.25, 0.3) is 0 Å². The molecule has 1 aromatic carbocycles. The van der Waals surface area contributed by atoms with Crippen LogP contribution in [-0.2, 0) is 4.74 Å². The van der Waals surface area contributed by atoms with Gasteiger partial charge < -0.3 is 20.1 Å². The molecular weight excluding hydrogens is 320 g/mol. The average molecular weight is 341 g/mol. The second-order valence-electron chi connectivity index (χ2n) is 6.52. The summed E-state index contributed by atoms with van der Waals surface area (Å²) in [4.78, 5) is 24.8. The number of para-hydroxylation sites is 1. The van der Waals surface area contributed by atoms with Gasteiger partial charge in [0, 0.05) is 18.7 Å². The summed E-state index contributed by atoms with van der Waals surface area (Å²) in [6.07, 6.45) is -0.640. The van der Waals surface area contributed by atoms with Gasteiger partial charge in [-0.15, -0.1) is 0 Å². The van der Waals surface area contributed by atoms with Crippen LogP contribution in [0.4, 0.5) is 10.5 Å². The van der Waals surface area contributed by atoms with Crippen molar-refractivity contribution in [1.82, 2.24) is 5.32 Å². The highest BCUT2D eigenvalue weighted by molar-refractivity contribution is 6.34. The summed E-state index contributed by atoms with van der Waals surface area (Å²) >= 11 is 6.18. The third-order valence-electron chi connectivity index (χ3n) is 3.45. The molecule has 0 saturated carbocycles. The summed E-state index contributed by atoms with van der Waals surface area (Å²) < 4.78 is 5.20. The molecule has 2 N–H and O–H groups in total. The standard InChI is InChI=1S/C16H21ClN2O4/c1-16(2,3)23-15(22)18-12-7-19(8-13(12)21)14-10(9-20)5-4-6-11(14)17/h4-6,9,12-13,21H,7-8H2,1-3H3,(H,18,22)/t12-,13-/m1/s1. The highest BCUT2D eigenvalue weighted by atomic mass is 35.5. The summed E-state index contributed by atoms with van der Waals surface area (Å²) in [5, 5.41) is 13.3. The molecule has 0 bridgehead atoms. The lowest BCUT2D eigenvalue weighted by molar-refractivity contribution is 0.0461. The minimum absolute atomic E-state index is 0.269. The summed E-state index contributed by atoms with van der Waals surface area (Å²) in [5.74, 6) is 0. The van der Waals surface area contributed by atoms with Crippen LogP contribution in [0, 0.1) is 0 Å². The number of aldehydes is 1. The number of alkyl carbamates (subject to hydrolysis) is 1. The lowest BCUT2D eigenvalue weighted by Gasteiger charge is -2.23. The van der Waals surface area contributed by atoms with Gasteiger partial charge in [-0.2, -0.15) is 0 Å². The molecule has 1 heterocycles. The molecule has 0 aromatic heterocycles. The summed E-state index contributed by atoms with van der Waals surface area (Å²) in [5.41, 5.74) is 0.403. The summed E-state index contributed by atoms with van der Waals surface area (Å²) in [7, 11) is 0. The van der Waals surface area contributed by atoms with Gasteiger partial charge in [0.1, 0.15) is 5.60 Å². The molecule has 0 radical (unpaired) electrons. The van der Waals surface area contributed by atoms with Gasteiger partial charge in [-0.1, -0.05) is 17.7 Å². The molecule has 1 aromatic rings. The van der Waals surface area contributed by atoms with Gasteiger partial charge >= 0.3 is 6.09 Å². The normalized spacial score (nSPS) is 21.2. The maximum absolute atomic E-state index is 11.8. The van der Waals surface area contributed by atoms with Crippen molar-refractivity contribution in [3.8, 4) is 0 Å². The number of ether oxygens (including phenoxy) is 1. The van der Waals surface area contributed by atoms with Crippen molar-refractivity contribution in [2.75, 3.05) is 18.0 Å². The molecule has 0 unspecified atom stereocenters. The average Bonchev–Trinajstić information content (AvgIpc) is 2.77. The van der Waals surface area contributed by atoms with Crippen LogP contribution in [0.3, 0.4) is 0 Å². The van der Waals surface area contributed by atoms with Crippen LogP contribution in [0.25, 0.3) is 0 Å². The molecule has 0 aliphatic carbocycles. The van der Waals surface area contributed by atoms with Gasteiger partial charge in [0.15, 0.2) is 6.29 Å². The Labute approximate surface area is 140 Å². The third kappa shape index (κ3) is 4.36. The summed E-state index contributed by atoms with van der Waals surface area (Å²) in [6.45, 7) is 5.91. The number of nitrogens with one attached hydrogen (secondary N) is 1. The minimum Gasteiger partial charge on any atom is -0.444 e. The van der Waals surface area contributed by atoms with Crippen LogP contribution in [0.1, 0.15) is 31.1 Å².